The fourth-order valence-corrected chi connectivity index (χ4v) is 4.65. The Morgan fingerprint density at radius 1 is 1.00 bits per heavy atom. The van der Waals surface area contributed by atoms with Gasteiger partial charge in [-0.25, -0.2) is 12.8 Å². The van der Waals surface area contributed by atoms with Crippen molar-refractivity contribution in [1.29, 1.82) is 0 Å². The standard InChI is InChI=1S/C19H23FN2O4S/c1-25-16-7-8-18(26-2)15(13-16)14-21-9-11-22(12-10-21)27(23,24)19-6-4-3-5-17(19)20/h3-8,13H,9-12,14H2,1-2H3. The summed E-state index contributed by atoms with van der Waals surface area (Å²) >= 11 is 0. The van der Waals surface area contributed by atoms with Crippen molar-refractivity contribution in [3.63, 3.8) is 0 Å². The van der Waals surface area contributed by atoms with Gasteiger partial charge in [0.05, 0.1) is 14.2 Å². The lowest BCUT2D eigenvalue weighted by atomic mass is 10.1. The molecule has 2 aromatic rings. The average Bonchev–Trinajstić information content (AvgIpc) is 2.68. The second-order valence-corrected chi connectivity index (χ2v) is 8.19. The predicted octanol–water partition coefficient (Wildman–Crippen LogP) is 2.35. The van der Waals surface area contributed by atoms with Crippen LogP contribution in [0.1, 0.15) is 5.56 Å². The molecule has 0 atom stereocenters. The first-order valence-electron chi connectivity index (χ1n) is 8.63. The lowest BCUT2D eigenvalue weighted by Gasteiger charge is -2.34. The minimum Gasteiger partial charge on any atom is -0.497 e. The van der Waals surface area contributed by atoms with E-state index in [0.717, 1.165) is 23.1 Å². The van der Waals surface area contributed by atoms with Gasteiger partial charge in [0.25, 0.3) is 0 Å². The fraction of sp³-hybridized carbons (Fsp3) is 0.368. The second kappa shape index (κ2) is 8.24. The number of benzene rings is 2. The van der Waals surface area contributed by atoms with Crippen LogP contribution in [0.15, 0.2) is 47.4 Å². The SMILES string of the molecule is COc1ccc(OC)c(CN2CCN(S(=O)(=O)c3ccccc3F)CC2)c1. The molecule has 1 heterocycles. The van der Waals surface area contributed by atoms with Crippen molar-refractivity contribution in [3.8, 4) is 11.5 Å². The number of methoxy groups -OCH3 is 2. The first kappa shape index (κ1) is 19.6. The molecule has 0 aromatic heterocycles. The van der Waals surface area contributed by atoms with Crippen LogP contribution in [0.5, 0.6) is 11.5 Å². The van der Waals surface area contributed by atoms with Crippen LogP contribution in [-0.4, -0.2) is 58.0 Å². The van der Waals surface area contributed by atoms with E-state index in [1.54, 1.807) is 14.2 Å². The molecule has 0 amide bonds. The molecule has 0 saturated carbocycles. The van der Waals surface area contributed by atoms with E-state index in [4.69, 9.17) is 9.47 Å². The highest BCUT2D eigenvalue weighted by molar-refractivity contribution is 7.89. The molecule has 0 N–H and O–H groups in total. The maximum absolute atomic E-state index is 13.9. The van der Waals surface area contributed by atoms with Gasteiger partial charge < -0.3 is 9.47 Å². The average molecular weight is 394 g/mol. The number of hydrogen-bond donors (Lipinski definition) is 0. The molecule has 6 nitrogen and oxygen atoms in total. The van der Waals surface area contributed by atoms with E-state index in [1.165, 1.54) is 22.5 Å². The molecule has 0 bridgehead atoms. The van der Waals surface area contributed by atoms with E-state index < -0.39 is 15.8 Å². The Kier molecular flexibility index (Phi) is 5.98. The molecule has 0 unspecified atom stereocenters. The van der Waals surface area contributed by atoms with Gasteiger partial charge in [-0.15, -0.1) is 0 Å². The van der Waals surface area contributed by atoms with Crippen LogP contribution in [0.25, 0.3) is 0 Å². The molecule has 146 valence electrons. The van der Waals surface area contributed by atoms with E-state index in [9.17, 15) is 12.8 Å². The van der Waals surface area contributed by atoms with E-state index in [2.05, 4.69) is 4.90 Å². The van der Waals surface area contributed by atoms with Crippen LogP contribution in [0, 0.1) is 5.82 Å². The number of rotatable bonds is 6. The smallest absolute Gasteiger partial charge is 0.246 e. The summed E-state index contributed by atoms with van der Waals surface area (Å²) in [5.74, 6) is 0.782. The molecule has 1 saturated heterocycles. The van der Waals surface area contributed by atoms with Crippen LogP contribution >= 0.6 is 0 Å². The highest BCUT2D eigenvalue weighted by Crippen LogP contribution is 2.26. The van der Waals surface area contributed by atoms with Gasteiger partial charge in [-0.05, 0) is 30.3 Å². The molecule has 1 aliphatic rings. The van der Waals surface area contributed by atoms with Gasteiger partial charge in [-0.2, -0.15) is 4.31 Å². The van der Waals surface area contributed by atoms with Gasteiger partial charge in [0.15, 0.2) is 0 Å². The Hall–Kier alpha value is -2.16. The van der Waals surface area contributed by atoms with Crippen LogP contribution in [0.4, 0.5) is 4.39 Å². The number of hydrogen-bond acceptors (Lipinski definition) is 5. The minimum absolute atomic E-state index is 0.270. The zero-order valence-electron chi connectivity index (χ0n) is 15.4. The van der Waals surface area contributed by atoms with Crippen molar-refractivity contribution in [2.24, 2.45) is 0 Å². The van der Waals surface area contributed by atoms with Gasteiger partial charge >= 0.3 is 0 Å². The van der Waals surface area contributed by atoms with E-state index in [-0.39, 0.29) is 4.90 Å². The topological polar surface area (TPSA) is 59.1 Å². The van der Waals surface area contributed by atoms with E-state index >= 15 is 0 Å². The van der Waals surface area contributed by atoms with Crippen molar-refractivity contribution in [3.05, 3.63) is 53.8 Å². The molecule has 2 aromatic carbocycles. The van der Waals surface area contributed by atoms with Crippen LogP contribution in [0.3, 0.4) is 0 Å². The van der Waals surface area contributed by atoms with E-state index in [0.29, 0.717) is 32.7 Å². The summed E-state index contributed by atoms with van der Waals surface area (Å²) in [5.41, 5.74) is 0.974. The molecule has 0 spiro atoms. The molecular weight excluding hydrogens is 371 g/mol. The summed E-state index contributed by atoms with van der Waals surface area (Å²) in [7, 11) is -0.601. The maximum atomic E-state index is 13.9. The van der Waals surface area contributed by atoms with Crippen molar-refractivity contribution in [1.82, 2.24) is 9.21 Å². The Labute approximate surface area is 159 Å². The number of sulfonamides is 1. The molecule has 8 heteroatoms. The summed E-state index contributed by atoms with van der Waals surface area (Å²) in [6, 6.07) is 11.1. The molecular formula is C19H23FN2O4S. The highest BCUT2D eigenvalue weighted by atomic mass is 32.2. The largest absolute Gasteiger partial charge is 0.497 e. The lowest BCUT2D eigenvalue weighted by Crippen LogP contribution is -2.48. The van der Waals surface area contributed by atoms with Crippen LogP contribution in [0.2, 0.25) is 0 Å². The van der Waals surface area contributed by atoms with Gasteiger partial charge in [0, 0.05) is 38.3 Å². The summed E-state index contributed by atoms with van der Waals surface area (Å²) < 4.78 is 51.3. The zero-order valence-corrected chi connectivity index (χ0v) is 16.2. The first-order chi connectivity index (χ1) is 13.0. The molecule has 27 heavy (non-hydrogen) atoms. The number of piperazine rings is 1. The monoisotopic (exact) mass is 394 g/mol. The van der Waals surface area contributed by atoms with Crippen LogP contribution < -0.4 is 9.47 Å². The molecule has 1 fully saturated rings. The second-order valence-electron chi connectivity index (χ2n) is 6.29. The van der Waals surface area contributed by atoms with Gasteiger partial charge in [-0.3, -0.25) is 4.90 Å². The van der Waals surface area contributed by atoms with Crippen molar-refractivity contribution in [2.45, 2.75) is 11.4 Å². The quantitative estimate of drug-likeness (QED) is 0.753. The van der Waals surface area contributed by atoms with Crippen LogP contribution in [-0.2, 0) is 16.6 Å². The molecule has 1 aliphatic heterocycles. The van der Waals surface area contributed by atoms with Crippen molar-refractivity contribution < 1.29 is 22.3 Å². The first-order valence-corrected chi connectivity index (χ1v) is 10.1. The fourth-order valence-electron chi connectivity index (χ4n) is 3.17. The lowest BCUT2D eigenvalue weighted by molar-refractivity contribution is 0.179. The number of nitrogens with zero attached hydrogens (tertiary/aromatic N) is 2. The molecule has 0 aliphatic carbocycles. The zero-order chi connectivity index (χ0) is 19.4. The third-order valence-corrected chi connectivity index (χ3v) is 6.60. The van der Waals surface area contributed by atoms with E-state index in [1.807, 2.05) is 18.2 Å². The maximum Gasteiger partial charge on any atom is 0.246 e. The number of ether oxygens (including phenoxy) is 2. The molecule has 3 rings (SSSR count). The summed E-state index contributed by atoms with van der Waals surface area (Å²) in [5, 5.41) is 0. The summed E-state index contributed by atoms with van der Waals surface area (Å²) in [6.45, 7) is 2.34. The Balaban J connectivity index is 1.68. The number of halogens is 1. The van der Waals surface area contributed by atoms with Gasteiger partial charge in [0.2, 0.25) is 10.0 Å². The Morgan fingerprint density at radius 2 is 1.70 bits per heavy atom. The van der Waals surface area contributed by atoms with Gasteiger partial charge in [0.1, 0.15) is 22.2 Å². The van der Waals surface area contributed by atoms with Crippen molar-refractivity contribution >= 4 is 10.0 Å². The Morgan fingerprint density at radius 3 is 2.33 bits per heavy atom. The third-order valence-electron chi connectivity index (χ3n) is 4.67. The van der Waals surface area contributed by atoms with Crippen molar-refractivity contribution in [2.75, 3.05) is 40.4 Å². The normalized spacial score (nSPS) is 16.3. The predicted molar refractivity (Wildman–Crippen MR) is 100.0 cm³/mol. The Bertz CT molecular complexity index is 896. The molecule has 0 radical (unpaired) electrons. The third kappa shape index (κ3) is 4.23. The minimum atomic E-state index is -3.83. The summed E-state index contributed by atoms with van der Waals surface area (Å²) in [4.78, 5) is 1.87. The highest BCUT2D eigenvalue weighted by Gasteiger charge is 2.30. The van der Waals surface area contributed by atoms with Gasteiger partial charge in [-0.1, -0.05) is 12.1 Å². The summed E-state index contributed by atoms with van der Waals surface area (Å²) in [6.07, 6.45) is 0.